The number of halogens is 2. The molecule has 2 aliphatic rings. The second-order valence-corrected chi connectivity index (χ2v) is 6.11. The molecular formula is C16H19F2NO2. The Bertz CT molecular complexity index is 535. The molecule has 114 valence electrons. The predicted octanol–water partition coefficient (Wildman–Crippen LogP) is 3.31. The van der Waals surface area contributed by atoms with Crippen molar-refractivity contribution in [3.63, 3.8) is 0 Å². The molecule has 0 spiro atoms. The fourth-order valence-corrected chi connectivity index (χ4v) is 3.96. The lowest BCUT2D eigenvalue weighted by Crippen LogP contribution is -2.39. The fourth-order valence-electron chi connectivity index (χ4n) is 3.96. The molecule has 1 aromatic rings. The Kier molecular flexibility index (Phi) is 3.93. The predicted molar refractivity (Wildman–Crippen MR) is 74.1 cm³/mol. The number of likely N-dealkylation sites (tertiary alicyclic amines) is 1. The first kappa shape index (κ1) is 14.4. The van der Waals surface area contributed by atoms with Crippen molar-refractivity contribution in [1.82, 2.24) is 4.90 Å². The zero-order valence-corrected chi connectivity index (χ0v) is 11.7. The number of benzene rings is 1. The second kappa shape index (κ2) is 5.72. The van der Waals surface area contributed by atoms with Gasteiger partial charge in [0.1, 0.15) is 6.04 Å². The maximum atomic E-state index is 12.7. The highest BCUT2D eigenvalue weighted by Gasteiger charge is 2.47. The average molecular weight is 295 g/mol. The molecule has 0 bridgehead atoms. The van der Waals surface area contributed by atoms with E-state index in [1.165, 1.54) is 12.1 Å². The number of rotatable bonds is 4. The van der Waals surface area contributed by atoms with Crippen LogP contribution < -0.4 is 0 Å². The monoisotopic (exact) mass is 295 g/mol. The van der Waals surface area contributed by atoms with Crippen molar-refractivity contribution in [3.8, 4) is 0 Å². The van der Waals surface area contributed by atoms with Crippen LogP contribution in [-0.4, -0.2) is 28.6 Å². The van der Waals surface area contributed by atoms with Crippen molar-refractivity contribution < 1.29 is 18.7 Å². The summed E-state index contributed by atoms with van der Waals surface area (Å²) in [7, 11) is 0. The number of carbonyl (C=O) groups is 1. The Morgan fingerprint density at radius 3 is 2.90 bits per heavy atom. The van der Waals surface area contributed by atoms with Gasteiger partial charge in [0.15, 0.2) is 0 Å². The smallest absolute Gasteiger partial charge is 0.321 e. The topological polar surface area (TPSA) is 40.5 Å². The van der Waals surface area contributed by atoms with Gasteiger partial charge >= 0.3 is 5.97 Å². The number of carboxylic acid groups (broad SMARTS) is 1. The van der Waals surface area contributed by atoms with Gasteiger partial charge in [-0.1, -0.05) is 24.6 Å². The molecule has 1 heterocycles. The Hall–Kier alpha value is -1.49. The summed E-state index contributed by atoms with van der Waals surface area (Å²) >= 11 is 0. The summed E-state index contributed by atoms with van der Waals surface area (Å²) < 4.78 is 25.5. The number of hydrogen-bond donors (Lipinski definition) is 1. The molecule has 3 nitrogen and oxygen atoms in total. The van der Waals surface area contributed by atoms with E-state index in [4.69, 9.17) is 0 Å². The highest BCUT2D eigenvalue weighted by molar-refractivity contribution is 5.74. The Morgan fingerprint density at radius 1 is 1.38 bits per heavy atom. The maximum absolute atomic E-state index is 12.7. The lowest BCUT2D eigenvalue weighted by molar-refractivity contribution is -0.143. The number of alkyl halides is 2. The van der Waals surface area contributed by atoms with Crippen LogP contribution in [0, 0.1) is 11.8 Å². The zero-order valence-electron chi connectivity index (χ0n) is 11.7. The third kappa shape index (κ3) is 2.79. The molecule has 3 rings (SSSR count). The third-order valence-corrected chi connectivity index (χ3v) is 4.83. The number of aliphatic carboxylic acids is 1. The largest absolute Gasteiger partial charge is 0.480 e. The SMILES string of the molecule is O=C(O)C1C2CCCC2CN1Cc1cccc(C(F)F)c1. The molecule has 21 heavy (non-hydrogen) atoms. The molecule has 1 N–H and O–H groups in total. The summed E-state index contributed by atoms with van der Waals surface area (Å²) in [5.74, 6) is -0.112. The van der Waals surface area contributed by atoms with Crippen molar-refractivity contribution in [2.45, 2.75) is 38.3 Å². The van der Waals surface area contributed by atoms with E-state index < -0.39 is 18.4 Å². The molecule has 1 aliphatic carbocycles. The van der Waals surface area contributed by atoms with Crippen LogP contribution in [0.3, 0.4) is 0 Å². The standard InChI is InChI=1S/C16H19F2NO2/c17-15(18)11-4-1-3-10(7-11)8-19-9-12-5-2-6-13(12)14(19)16(20)21/h1,3-4,7,12-15H,2,5-6,8-9H2,(H,20,21). The van der Waals surface area contributed by atoms with Crippen molar-refractivity contribution in [1.29, 1.82) is 0 Å². The van der Waals surface area contributed by atoms with Crippen LogP contribution in [-0.2, 0) is 11.3 Å². The van der Waals surface area contributed by atoms with Crippen molar-refractivity contribution in [2.24, 2.45) is 11.8 Å². The second-order valence-electron chi connectivity index (χ2n) is 6.11. The summed E-state index contributed by atoms with van der Waals surface area (Å²) in [5, 5.41) is 9.49. The normalized spacial score (nSPS) is 29.0. The van der Waals surface area contributed by atoms with Crippen LogP contribution in [0.15, 0.2) is 24.3 Å². The van der Waals surface area contributed by atoms with E-state index in [2.05, 4.69) is 0 Å². The lowest BCUT2D eigenvalue weighted by Gasteiger charge is -2.24. The highest BCUT2D eigenvalue weighted by Crippen LogP contribution is 2.42. The van der Waals surface area contributed by atoms with E-state index in [9.17, 15) is 18.7 Å². The molecule has 3 unspecified atom stereocenters. The molecule has 0 amide bonds. The van der Waals surface area contributed by atoms with Crippen molar-refractivity contribution in [2.75, 3.05) is 6.54 Å². The summed E-state index contributed by atoms with van der Waals surface area (Å²) in [6.45, 7) is 1.20. The van der Waals surface area contributed by atoms with Gasteiger partial charge in [-0.3, -0.25) is 9.69 Å². The van der Waals surface area contributed by atoms with Gasteiger partial charge in [-0.05, 0) is 36.3 Å². The number of nitrogens with zero attached hydrogens (tertiary/aromatic N) is 1. The van der Waals surface area contributed by atoms with E-state index in [0.717, 1.165) is 31.4 Å². The minimum absolute atomic E-state index is 0.00114. The summed E-state index contributed by atoms with van der Waals surface area (Å²) in [6, 6.07) is 5.83. The van der Waals surface area contributed by atoms with Crippen LogP contribution in [0.25, 0.3) is 0 Å². The van der Waals surface area contributed by atoms with Gasteiger partial charge in [0.25, 0.3) is 6.43 Å². The minimum atomic E-state index is -2.49. The van der Waals surface area contributed by atoms with E-state index >= 15 is 0 Å². The van der Waals surface area contributed by atoms with Gasteiger partial charge in [0, 0.05) is 18.7 Å². The van der Waals surface area contributed by atoms with Gasteiger partial charge in [-0.2, -0.15) is 0 Å². The first-order valence-electron chi connectivity index (χ1n) is 7.40. The van der Waals surface area contributed by atoms with Gasteiger partial charge in [-0.15, -0.1) is 0 Å². The fraction of sp³-hybridized carbons (Fsp3) is 0.562. The molecule has 1 aliphatic heterocycles. The molecule has 1 aromatic carbocycles. The van der Waals surface area contributed by atoms with Crippen LogP contribution in [0.4, 0.5) is 8.78 Å². The van der Waals surface area contributed by atoms with Gasteiger partial charge < -0.3 is 5.11 Å². The Morgan fingerprint density at radius 2 is 2.19 bits per heavy atom. The molecule has 1 saturated carbocycles. The Labute approximate surface area is 122 Å². The third-order valence-electron chi connectivity index (χ3n) is 4.83. The quantitative estimate of drug-likeness (QED) is 0.926. The highest BCUT2D eigenvalue weighted by atomic mass is 19.3. The minimum Gasteiger partial charge on any atom is -0.480 e. The van der Waals surface area contributed by atoms with E-state index in [0.29, 0.717) is 12.5 Å². The molecule has 2 fully saturated rings. The van der Waals surface area contributed by atoms with Crippen LogP contribution in [0.5, 0.6) is 0 Å². The molecule has 1 saturated heterocycles. The molecule has 0 radical (unpaired) electrons. The summed E-state index contributed by atoms with van der Waals surface area (Å²) in [4.78, 5) is 13.5. The first-order chi connectivity index (χ1) is 10.1. The number of carboxylic acids is 1. The van der Waals surface area contributed by atoms with Gasteiger partial charge in [0.05, 0.1) is 0 Å². The maximum Gasteiger partial charge on any atom is 0.321 e. The van der Waals surface area contributed by atoms with Crippen LogP contribution >= 0.6 is 0 Å². The lowest BCUT2D eigenvalue weighted by atomic mass is 9.94. The molecule has 5 heteroatoms. The zero-order chi connectivity index (χ0) is 15.0. The van der Waals surface area contributed by atoms with Gasteiger partial charge in [-0.25, -0.2) is 8.78 Å². The first-order valence-corrected chi connectivity index (χ1v) is 7.40. The summed E-state index contributed by atoms with van der Waals surface area (Å²) in [6.07, 6.45) is 0.670. The number of fused-ring (bicyclic) bond motifs is 1. The van der Waals surface area contributed by atoms with Crippen molar-refractivity contribution in [3.05, 3.63) is 35.4 Å². The average Bonchev–Trinajstić information content (AvgIpc) is 2.98. The van der Waals surface area contributed by atoms with E-state index in [1.807, 2.05) is 4.90 Å². The molecule has 3 atom stereocenters. The van der Waals surface area contributed by atoms with E-state index in [-0.39, 0.29) is 11.5 Å². The van der Waals surface area contributed by atoms with Crippen LogP contribution in [0.2, 0.25) is 0 Å². The van der Waals surface area contributed by atoms with Crippen molar-refractivity contribution >= 4 is 5.97 Å². The van der Waals surface area contributed by atoms with E-state index in [1.54, 1.807) is 12.1 Å². The summed E-state index contributed by atoms with van der Waals surface area (Å²) in [5.41, 5.74) is 0.762. The molecular weight excluding hydrogens is 276 g/mol. The van der Waals surface area contributed by atoms with Crippen LogP contribution in [0.1, 0.15) is 36.8 Å². The molecule has 0 aromatic heterocycles. The van der Waals surface area contributed by atoms with Gasteiger partial charge in [0.2, 0.25) is 0 Å². The number of hydrogen-bond acceptors (Lipinski definition) is 2. The Balaban J connectivity index is 1.77.